The van der Waals surface area contributed by atoms with Crippen molar-refractivity contribution in [2.24, 2.45) is 4.99 Å². The molecule has 2 atom stereocenters. The molecule has 2 heterocycles. The molecule has 2 aliphatic rings. The highest BCUT2D eigenvalue weighted by molar-refractivity contribution is 9.10. The lowest BCUT2D eigenvalue weighted by atomic mass is 10.2. The van der Waals surface area contributed by atoms with Crippen molar-refractivity contribution in [2.45, 2.75) is 44.1 Å². The molecule has 0 unspecified atom stereocenters. The number of alkyl carbamates (subject to hydrolysis) is 1. The number of sulfone groups is 1. The van der Waals surface area contributed by atoms with E-state index in [-0.39, 0.29) is 40.6 Å². The Bertz CT molecular complexity index is 1030. The zero-order valence-electron chi connectivity index (χ0n) is 17.2. The van der Waals surface area contributed by atoms with E-state index in [1.165, 1.54) is 17.0 Å². The number of halogens is 2. The van der Waals surface area contributed by atoms with Gasteiger partial charge in [0.2, 0.25) is 5.91 Å². The summed E-state index contributed by atoms with van der Waals surface area (Å²) >= 11 is 4.37. The number of carbonyl (C=O) groups excluding carboxylic acids is 2. The standard InChI is InChI=1S/C19H23BrFN3O5S2/c1-19(2,3)29-18(26)22-7-6-16(25)23-17-24(13-5-4-11(20)8-12(13)21)14-9-31(27,28)10-15(14)30-17/h4-5,8,14-15H,6-7,9-10H2,1-3H3,(H,22,26)/t14-,15-/m0/s1. The molecule has 1 N–H and O–H groups in total. The maximum Gasteiger partial charge on any atom is 0.407 e. The summed E-state index contributed by atoms with van der Waals surface area (Å²) < 4.78 is 44.5. The minimum absolute atomic E-state index is 0.0308. The summed E-state index contributed by atoms with van der Waals surface area (Å²) in [4.78, 5) is 29.7. The van der Waals surface area contributed by atoms with Crippen molar-refractivity contribution in [3.8, 4) is 0 Å². The molecule has 2 aliphatic heterocycles. The van der Waals surface area contributed by atoms with Crippen LogP contribution in [0.2, 0.25) is 0 Å². The maximum atomic E-state index is 14.7. The second kappa shape index (κ2) is 9.07. The van der Waals surface area contributed by atoms with Crippen LogP contribution in [0.3, 0.4) is 0 Å². The highest BCUT2D eigenvalue weighted by Crippen LogP contribution is 2.42. The van der Waals surface area contributed by atoms with E-state index in [0.717, 1.165) is 11.8 Å². The molecule has 31 heavy (non-hydrogen) atoms. The molecule has 12 heteroatoms. The second-order valence-electron chi connectivity index (χ2n) is 8.23. The van der Waals surface area contributed by atoms with Crippen LogP contribution in [0.5, 0.6) is 0 Å². The molecule has 2 fully saturated rings. The van der Waals surface area contributed by atoms with Gasteiger partial charge in [-0.1, -0.05) is 27.7 Å². The molecule has 170 valence electrons. The first-order valence-corrected chi connectivity index (χ1v) is 13.0. The Kier molecular flexibility index (Phi) is 7.02. The third kappa shape index (κ3) is 6.19. The van der Waals surface area contributed by atoms with E-state index in [1.807, 2.05) is 0 Å². The largest absolute Gasteiger partial charge is 0.444 e. The summed E-state index contributed by atoms with van der Waals surface area (Å²) in [6.07, 6.45) is -0.713. The molecule has 0 radical (unpaired) electrons. The van der Waals surface area contributed by atoms with Crippen molar-refractivity contribution in [1.29, 1.82) is 0 Å². The van der Waals surface area contributed by atoms with Crippen molar-refractivity contribution in [3.63, 3.8) is 0 Å². The molecule has 0 aromatic heterocycles. The Morgan fingerprint density at radius 1 is 1.35 bits per heavy atom. The summed E-state index contributed by atoms with van der Waals surface area (Å²) in [5.74, 6) is -1.24. The third-order valence-corrected chi connectivity index (χ3v) is 8.17. The van der Waals surface area contributed by atoms with E-state index >= 15 is 0 Å². The molecule has 1 aromatic rings. The van der Waals surface area contributed by atoms with Gasteiger partial charge in [-0.15, -0.1) is 0 Å². The van der Waals surface area contributed by atoms with Crippen LogP contribution in [-0.2, 0) is 19.4 Å². The van der Waals surface area contributed by atoms with Crippen LogP contribution in [0.1, 0.15) is 27.2 Å². The molecule has 2 amide bonds. The first kappa shape index (κ1) is 24.0. The van der Waals surface area contributed by atoms with E-state index in [1.54, 1.807) is 26.8 Å². The van der Waals surface area contributed by atoms with Crippen molar-refractivity contribution in [2.75, 3.05) is 23.0 Å². The molecule has 0 aliphatic carbocycles. The summed E-state index contributed by atoms with van der Waals surface area (Å²) in [6, 6.07) is 3.94. The molecule has 1 aromatic carbocycles. The Hall–Kier alpha value is -1.66. The Balaban J connectivity index is 1.75. The number of nitrogens with zero attached hydrogens (tertiary/aromatic N) is 2. The topological polar surface area (TPSA) is 105 Å². The number of amidine groups is 1. The molecular weight excluding hydrogens is 513 g/mol. The fourth-order valence-electron chi connectivity index (χ4n) is 3.27. The minimum Gasteiger partial charge on any atom is -0.444 e. The lowest BCUT2D eigenvalue weighted by Gasteiger charge is -2.25. The van der Waals surface area contributed by atoms with Crippen LogP contribution >= 0.6 is 27.7 Å². The van der Waals surface area contributed by atoms with Gasteiger partial charge < -0.3 is 15.0 Å². The van der Waals surface area contributed by atoms with Crippen LogP contribution in [0.15, 0.2) is 27.7 Å². The van der Waals surface area contributed by atoms with Gasteiger partial charge in [0, 0.05) is 22.7 Å². The highest BCUT2D eigenvalue weighted by Gasteiger charge is 2.50. The zero-order valence-corrected chi connectivity index (χ0v) is 20.4. The van der Waals surface area contributed by atoms with Gasteiger partial charge in [0.25, 0.3) is 0 Å². The predicted octanol–water partition coefficient (Wildman–Crippen LogP) is 3.10. The van der Waals surface area contributed by atoms with Crippen molar-refractivity contribution >= 4 is 60.4 Å². The third-order valence-electron chi connectivity index (χ3n) is 4.46. The first-order chi connectivity index (χ1) is 14.3. The van der Waals surface area contributed by atoms with Gasteiger partial charge in [0.05, 0.1) is 23.2 Å². The van der Waals surface area contributed by atoms with Gasteiger partial charge in [0.15, 0.2) is 15.0 Å². The number of anilines is 1. The average molecular weight is 536 g/mol. The van der Waals surface area contributed by atoms with Crippen LogP contribution in [-0.4, -0.2) is 60.5 Å². The van der Waals surface area contributed by atoms with E-state index in [2.05, 4.69) is 26.2 Å². The van der Waals surface area contributed by atoms with Crippen LogP contribution < -0.4 is 10.2 Å². The first-order valence-electron chi connectivity index (χ1n) is 9.54. The number of aliphatic imine (C=N–C) groups is 1. The van der Waals surface area contributed by atoms with Gasteiger partial charge in [-0.3, -0.25) is 4.79 Å². The summed E-state index contributed by atoms with van der Waals surface area (Å²) in [5.41, 5.74) is -0.485. The summed E-state index contributed by atoms with van der Waals surface area (Å²) in [5, 5.41) is 2.41. The second-order valence-corrected chi connectivity index (χ2v) is 12.5. The maximum absolute atomic E-state index is 14.7. The van der Waals surface area contributed by atoms with Gasteiger partial charge in [-0.2, -0.15) is 4.99 Å². The van der Waals surface area contributed by atoms with E-state index in [9.17, 15) is 22.4 Å². The summed E-state index contributed by atoms with van der Waals surface area (Å²) in [6.45, 7) is 5.22. The number of thioether (sulfide) groups is 1. The monoisotopic (exact) mass is 535 g/mol. The van der Waals surface area contributed by atoms with Gasteiger partial charge >= 0.3 is 6.09 Å². The summed E-state index contributed by atoms with van der Waals surface area (Å²) in [7, 11) is -3.25. The van der Waals surface area contributed by atoms with E-state index in [4.69, 9.17) is 4.74 Å². The fourth-order valence-corrected chi connectivity index (χ4v) is 7.53. The van der Waals surface area contributed by atoms with Crippen LogP contribution in [0.4, 0.5) is 14.9 Å². The predicted molar refractivity (Wildman–Crippen MR) is 122 cm³/mol. The number of fused-ring (bicyclic) bond motifs is 1. The quantitative estimate of drug-likeness (QED) is 0.631. The molecule has 8 nitrogen and oxygen atoms in total. The lowest BCUT2D eigenvalue weighted by molar-refractivity contribution is -0.117. The fraction of sp³-hybridized carbons (Fsp3) is 0.526. The normalized spacial score (nSPS) is 23.6. The van der Waals surface area contributed by atoms with E-state index in [0.29, 0.717) is 4.47 Å². The number of hydrogen-bond acceptors (Lipinski definition) is 6. The van der Waals surface area contributed by atoms with Gasteiger partial charge in [0.1, 0.15) is 11.4 Å². The molecular formula is C19H23BrFN3O5S2. The molecule has 0 spiro atoms. The van der Waals surface area contributed by atoms with Crippen LogP contribution in [0, 0.1) is 5.82 Å². The molecule has 0 bridgehead atoms. The average Bonchev–Trinajstić information content (AvgIpc) is 3.04. The highest BCUT2D eigenvalue weighted by atomic mass is 79.9. The number of benzene rings is 1. The molecule has 2 saturated heterocycles. The van der Waals surface area contributed by atoms with Gasteiger partial charge in [-0.05, 0) is 39.0 Å². The van der Waals surface area contributed by atoms with Gasteiger partial charge in [-0.25, -0.2) is 17.6 Å². The van der Waals surface area contributed by atoms with E-state index < -0.39 is 39.3 Å². The minimum atomic E-state index is -3.25. The Morgan fingerprint density at radius 2 is 2.06 bits per heavy atom. The number of rotatable bonds is 4. The number of nitrogens with one attached hydrogen (secondary N) is 1. The Morgan fingerprint density at radius 3 is 2.71 bits per heavy atom. The smallest absolute Gasteiger partial charge is 0.407 e. The SMILES string of the molecule is CC(C)(C)OC(=O)NCCC(=O)N=C1S[C@H]2CS(=O)(=O)C[C@@H]2N1c1ccc(Br)cc1F. The lowest BCUT2D eigenvalue weighted by Crippen LogP contribution is -2.38. The number of amides is 2. The number of ether oxygens (including phenoxy) is 1. The van der Waals surface area contributed by atoms with Crippen LogP contribution in [0.25, 0.3) is 0 Å². The van der Waals surface area contributed by atoms with Crippen molar-refractivity contribution in [3.05, 3.63) is 28.5 Å². The van der Waals surface area contributed by atoms with Crippen molar-refractivity contribution in [1.82, 2.24) is 5.32 Å². The number of hydrogen-bond donors (Lipinski definition) is 1. The number of carbonyl (C=O) groups is 2. The molecule has 3 rings (SSSR count). The zero-order chi connectivity index (χ0) is 23.0. The Labute approximate surface area is 193 Å². The molecule has 0 saturated carbocycles. The van der Waals surface area contributed by atoms with Crippen molar-refractivity contribution < 1.29 is 27.1 Å².